The van der Waals surface area contributed by atoms with Gasteiger partial charge in [0.1, 0.15) is 11.7 Å². The van der Waals surface area contributed by atoms with E-state index in [-0.39, 0.29) is 5.92 Å². The number of imidazole rings is 1. The van der Waals surface area contributed by atoms with Crippen molar-refractivity contribution in [1.29, 1.82) is 0 Å². The van der Waals surface area contributed by atoms with Gasteiger partial charge < -0.3 is 9.30 Å². The molecule has 1 saturated carbocycles. The highest BCUT2D eigenvalue weighted by atomic mass is 19.4. The van der Waals surface area contributed by atoms with Crippen molar-refractivity contribution in [2.24, 2.45) is 5.92 Å². The monoisotopic (exact) mass is 290 g/mol. The molecular weight excluding hydrogens is 273 g/mol. The minimum Gasteiger partial charge on any atom is -0.467 e. The molecule has 4 nitrogen and oxygen atoms in total. The second-order valence-corrected chi connectivity index (χ2v) is 5.11. The molecule has 0 amide bonds. The van der Waals surface area contributed by atoms with E-state index >= 15 is 0 Å². The van der Waals surface area contributed by atoms with Gasteiger partial charge >= 0.3 is 12.1 Å². The van der Waals surface area contributed by atoms with Crippen LogP contribution in [0.2, 0.25) is 0 Å². The number of carbonyl (C=O) groups is 1. The number of alkyl halides is 3. The lowest BCUT2D eigenvalue weighted by Gasteiger charge is -2.22. The molecule has 1 aliphatic rings. The van der Waals surface area contributed by atoms with Crippen LogP contribution >= 0.6 is 0 Å². The first kappa shape index (κ1) is 14.9. The molecule has 112 valence electrons. The summed E-state index contributed by atoms with van der Waals surface area (Å²) in [5, 5.41) is 0. The van der Waals surface area contributed by atoms with Crippen molar-refractivity contribution in [2.45, 2.75) is 44.3 Å². The van der Waals surface area contributed by atoms with Crippen LogP contribution in [0.1, 0.15) is 43.8 Å². The number of halogens is 3. The second-order valence-electron chi connectivity index (χ2n) is 5.11. The molecule has 1 atom stereocenters. The molecule has 2 rings (SSSR count). The molecule has 20 heavy (non-hydrogen) atoms. The predicted octanol–water partition coefficient (Wildman–Crippen LogP) is 3.20. The van der Waals surface area contributed by atoms with Crippen molar-refractivity contribution in [3.05, 3.63) is 18.2 Å². The number of esters is 1. The van der Waals surface area contributed by atoms with E-state index in [1.807, 2.05) is 0 Å². The standard InChI is InChI=1S/C13H17F3N2O2/c1-20-12(19)10(6-9-4-2-3-5-9)18-8-17-7-11(18)13(14,15)16/h7-10H,2-6H2,1H3/t10-/m0/s1. The van der Waals surface area contributed by atoms with Crippen molar-refractivity contribution >= 4 is 5.97 Å². The summed E-state index contributed by atoms with van der Waals surface area (Å²) in [6.07, 6.45) is 1.66. The van der Waals surface area contributed by atoms with Crippen LogP contribution in [0.5, 0.6) is 0 Å². The summed E-state index contributed by atoms with van der Waals surface area (Å²) in [5.41, 5.74) is -0.911. The van der Waals surface area contributed by atoms with Gasteiger partial charge in [0.15, 0.2) is 0 Å². The minimum absolute atomic E-state index is 0.266. The fourth-order valence-corrected chi connectivity index (χ4v) is 2.79. The van der Waals surface area contributed by atoms with E-state index in [2.05, 4.69) is 9.72 Å². The van der Waals surface area contributed by atoms with Crippen LogP contribution in [0.15, 0.2) is 12.5 Å². The predicted molar refractivity (Wildman–Crippen MR) is 64.9 cm³/mol. The lowest BCUT2D eigenvalue weighted by molar-refractivity contribution is -0.151. The topological polar surface area (TPSA) is 44.1 Å². The lowest BCUT2D eigenvalue weighted by Crippen LogP contribution is -2.26. The quantitative estimate of drug-likeness (QED) is 0.800. The van der Waals surface area contributed by atoms with Gasteiger partial charge in [-0.3, -0.25) is 0 Å². The largest absolute Gasteiger partial charge is 0.467 e. The van der Waals surface area contributed by atoms with E-state index in [0.29, 0.717) is 6.42 Å². The fraction of sp³-hybridized carbons (Fsp3) is 0.692. The van der Waals surface area contributed by atoms with Crippen molar-refractivity contribution in [2.75, 3.05) is 7.11 Å². The molecule has 0 saturated heterocycles. The highest BCUT2D eigenvalue weighted by Crippen LogP contribution is 2.36. The van der Waals surface area contributed by atoms with Crippen molar-refractivity contribution in [3.63, 3.8) is 0 Å². The van der Waals surface area contributed by atoms with Gasteiger partial charge in [0.25, 0.3) is 0 Å². The molecule has 0 N–H and O–H groups in total. The Hall–Kier alpha value is -1.53. The number of hydrogen-bond acceptors (Lipinski definition) is 3. The number of rotatable bonds is 4. The van der Waals surface area contributed by atoms with E-state index in [1.54, 1.807) is 0 Å². The zero-order chi connectivity index (χ0) is 14.8. The zero-order valence-corrected chi connectivity index (χ0v) is 11.2. The molecule has 1 aromatic rings. The first-order valence-electron chi connectivity index (χ1n) is 6.60. The molecule has 1 aromatic heterocycles. The summed E-state index contributed by atoms with van der Waals surface area (Å²) in [7, 11) is 1.19. The molecule has 0 unspecified atom stereocenters. The average molecular weight is 290 g/mol. The average Bonchev–Trinajstić information content (AvgIpc) is 3.04. The lowest BCUT2D eigenvalue weighted by atomic mass is 9.98. The van der Waals surface area contributed by atoms with Gasteiger partial charge in [0.2, 0.25) is 0 Å². The Bertz CT molecular complexity index is 464. The summed E-state index contributed by atoms with van der Waals surface area (Å²) in [6.45, 7) is 0. The Balaban J connectivity index is 2.26. The summed E-state index contributed by atoms with van der Waals surface area (Å²) >= 11 is 0. The number of aromatic nitrogens is 2. The van der Waals surface area contributed by atoms with Crippen LogP contribution in [-0.2, 0) is 15.7 Å². The summed E-state index contributed by atoms with van der Waals surface area (Å²) in [5.74, 6) is -0.386. The van der Waals surface area contributed by atoms with Crippen LogP contribution < -0.4 is 0 Å². The molecule has 7 heteroatoms. The highest BCUT2D eigenvalue weighted by molar-refractivity contribution is 5.74. The van der Waals surface area contributed by atoms with Gasteiger partial charge in [-0.05, 0) is 12.3 Å². The Morgan fingerprint density at radius 1 is 1.50 bits per heavy atom. The van der Waals surface area contributed by atoms with E-state index in [0.717, 1.165) is 42.8 Å². The third-order valence-electron chi connectivity index (χ3n) is 3.80. The van der Waals surface area contributed by atoms with Crippen molar-refractivity contribution in [1.82, 2.24) is 9.55 Å². The minimum atomic E-state index is -4.53. The molecule has 0 aliphatic heterocycles. The fourth-order valence-electron chi connectivity index (χ4n) is 2.79. The van der Waals surface area contributed by atoms with Crippen LogP contribution in [0.3, 0.4) is 0 Å². The Kier molecular flexibility index (Phi) is 4.35. The van der Waals surface area contributed by atoms with Gasteiger partial charge in [-0.25, -0.2) is 9.78 Å². The SMILES string of the molecule is COC(=O)[C@H](CC1CCCC1)n1cncc1C(F)(F)F. The summed E-state index contributed by atoms with van der Waals surface area (Å²) in [6, 6.07) is -0.956. The molecule has 1 aliphatic carbocycles. The smallest absolute Gasteiger partial charge is 0.433 e. The van der Waals surface area contributed by atoms with Gasteiger partial charge in [-0.1, -0.05) is 25.7 Å². The van der Waals surface area contributed by atoms with E-state index in [1.165, 1.54) is 7.11 Å². The number of nitrogens with zero attached hydrogens (tertiary/aromatic N) is 2. The first-order valence-corrected chi connectivity index (χ1v) is 6.60. The zero-order valence-electron chi connectivity index (χ0n) is 11.2. The molecule has 0 aromatic carbocycles. The maximum atomic E-state index is 12.9. The third kappa shape index (κ3) is 3.13. The van der Waals surface area contributed by atoms with Gasteiger partial charge in [0.05, 0.1) is 19.6 Å². The van der Waals surface area contributed by atoms with Crippen LogP contribution in [0, 0.1) is 5.92 Å². The van der Waals surface area contributed by atoms with Crippen molar-refractivity contribution in [3.8, 4) is 0 Å². The van der Waals surface area contributed by atoms with Gasteiger partial charge in [0, 0.05) is 0 Å². The van der Waals surface area contributed by atoms with E-state index < -0.39 is 23.9 Å². The number of carbonyl (C=O) groups excluding carboxylic acids is 1. The highest BCUT2D eigenvalue weighted by Gasteiger charge is 2.38. The van der Waals surface area contributed by atoms with Crippen LogP contribution in [-0.4, -0.2) is 22.6 Å². The normalized spacial score (nSPS) is 18.2. The molecule has 0 radical (unpaired) electrons. The summed E-state index contributed by atoms with van der Waals surface area (Å²) in [4.78, 5) is 15.4. The molecule has 0 spiro atoms. The van der Waals surface area contributed by atoms with E-state index in [9.17, 15) is 18.0 Å². The van der Waals surface area contributed by atoms with Gasteiger partial charge in [-0.15, -0.1) is 0 Å². The Labute approximate surface area is 114 Å². The second kappa shape index (κ2) is 5.85. The molecule has 1 fully saturated rings. The van der Waals surface area contributed by atoms with Crippen LogP contribution in [0.25, 0.3) is 0 Å². The Morgan fingerprint density at radius 2 is 2.15 bits per heavy atom. The van der Waals surface area contributed by atoms with E-state index in [4.69, 9.17) is 0 Å². The molecule has 0 bridgehead atoms. The van der Waals surface area contributed by atoms with Crippen LogP contribution in [0.4, 0.5) is 13.2 Å². The Morgan fingerprint density at radius 3 is 2.70 bits per heavy atom. The number of methoxy groups -OCH3 is 1. The first-order chi connectivity index (χ1) is 9.43. The number of hydrogen-bond donors (Lipinski definition) is 0. The number of ether oxygens (including phenoxy) is 1. The van der Waals surface area contributed by atoms with Crippen molar-refractivity contribution < 1.29 is 22.7 Å². The third-order valence-corrected chi connectivity index (χ3v) is 3.80. The maximum Gasteiger partial charge on any atom is 0.433 e. The summed E-state index contributed by atoms with van der Waals surface area (Å²) < 4.78 is 44.3. The molecular formula is C13H17F3N2O2. The maximum absolute atomic E-state index is 12.9. The van der Waals surface area contributed by atoms with Gasteiger partial charge in [-0.2, -0.15) is 13.2 Å². The molecule has 1 heterocycles.